The van der Waals surface area contributed by atoms with Crippen LogP contribution in [-0.4, -0.2) is 44.2 Å². The Morgan fingerprint density at radius 2 is 1.74 bits per heavy atom. The van der Waals surface area contributed by atoms with Gasteiger partial charge in [-0.3, -0.25) is 0 Å². The normalized spacial score (nSPS) is 21.7. The molecule has 4 aromatic rings. The summed E-state index contributed by atoms with van der Waals surface area (Å²) >= 11 is 7.20. The van der Waals surface area contributed by atoms with Crippen LogP contribution in [0.2, 0.25) is 5.15 Å². The molecule has 0 spiro atoms. The zero-order valence-corrected chi connectivity index (χ0v) is 19.9. The molecule has 178 valence electrons. The third-order valence-electron chi connectivity index (χ3n) is 5.69. The van der Waals surface area contributed by atoms with Crippen LogP contribution in [-0.2, 0) is 9.47 Å². The zero-order chi connectivity index (χ0) is 24.5. The predicted octanol–water partition coefficient (Wildman–Crippen LogP) is 5.39. The van der Waals surface area contributed by atoms with Crippen molar-refractivity contribution in [3.05, 3.63) is 95.0 Å². The first-order chi connectivity index (χ1) is 16.9. The molecule has 0 aliphatic carbocycles. The Morgan fingerprint density at radius 3 is 2.51 bits per heavy atom. The van der Waals surface area contributed by atoms with E-state index in [2.05, 4.69) is 9.97 Å². The molecule has 35 heavy (non-hydrogen) atoms. The molecule has 2 aromatic carbocycles. The summed E-state index contributed by atoms with van der Waals surface area (Å²) in [7, 11) is 0. The average molecular weight is 512 g/mol. The molecule has 10 heteroatoms. The van der Waals surface area contributed by atoms with Crippen LogP contribution < -0.4 is 0 Å². The smallest absolute Gasteiger partial charge is 0.339 e. The number of hydrogen-bond acceptors (Lipinski definition) is 7. The number of nitrogens with zero attached hydrogens (tertiary/aromatic N) is 3. The lowest BCUT2D eigenvalue weighted by molar-refractivity contribution is -0.0184. The van der Waals surface area contributed by atoms with Gasteiger partial charge >= 0.3 is 11.9 Å². The number of imidazole rings is 1. The molecule has 5 rings (SSSR count). The van der Waals surface area contributed by atoms with Crippen LogP contribution in [0.3, 0.4) is 0 Å². The highest BCUT2D eigenvalue weighted by Crippen LogP contribution is 2.47. The van der Waals surface area contributed by atoms with Gasteiger partial charge in [-0.1, -0.05) is 59.8 Å². The van der Waals surface area contributed by atoms with Gasteiger partial charge in [0, 0.05) is 6.20 Å². The van der Waals surface area contributed by atoms with Crippen molar-refractivity contribution in [1.82, 2.24) is 14.5 Å². The quantitative estimate of drug-likeness (QED) is 0.262. The SMILES string of the molecule is Cc1ccccc1C(=O)O[C@@H]1S[C@@H](n2cnc3c(Cl)nccc32)[C@H](OC(=O)c2ccccc2)[C@@H]1F. The fourth-order valence-corrected chi connectivity index (χ4v) is 5.49. The van der Waals surface area contributed by atoms with Gasteiger partial charge in [-0.2, -0.15) is 0 Å². The monoisotopic (exact) mass is 511 g/mol. The van der Waals surface area contributed by atoms with Crippen molar-refractivity contribution >= 4 is 46.3 Å². The van der Waals surface area contributed by atoms with Gasteiger partial charge in [0.05, 0.1) is 23.0 Å². The number of fused-ring (bicyclic) bond motifs is 1. The summed E-state index contributed by atoms with van der Waals surface area (Å²) < 4.78 is 28.6. The third-order valence-corrected chi connectivity index (χ3v) is 7.37. The van der Waals surface area contributed by atoms with Gasteiger partial charge in [-0.15, -0.1) is 0 Å². The standard InChI is InChI=1S/C25H19ClFN3O4S/c1-14-7-5-6-10-16(14)24(32)34-25-18(27)20(33-23(31)15-8-3-2-4-9-15)22(35-25)30-13-29-19-17(30)11-12-28-21(19)26/h2-13,18,20,22,25H,1H3/t18-,20+,22+,25+/m0/s1. The molecule has 1 saturated heterocycles. The third kappa shape index (κ3) is 4.49. The number of esters is 2. The summed E-state index contributed by atoms with van der Waals surface area (Å²) in [5, 5.41) is -0.572. The van der Waals surface area contributed by atoms with Gasteiger partial charge in [0.15, 0.2) is 22.9 Å². The Bertz CT molecular complexity index is 1400. The molecule has 0 N–H and O–H groups in total. The summed E-state index contributed by atoms with van der Waals surface area (Å²) in [5.74, 6) is -1.33. The van der Waals surface area contributed by atoms with Crippen molar-refractivity contribution in [3.8, 4) is 0 Å². The highest BCUT2D eigenvalue weighted by Gasteiger charge is 2.51. The van der Waals surface area contributed by atoms with E-state index in [0.717, 1.165) is 11.8 Å². The van der Waals surface area contributed by atoms with E-state index in [9.17, 15) is 9.59 Å². The second-order valence-corrected chi connectivity index (χ2v) is 9.49. The minimum absolute atomic E-state index is 0.196. The van der Waals surface area contributed by atoms with Crippen LogP contribution in [0.15, 0.2) is 73.2 Å². The number of benzene rings is 2. The molecule has 7 nitrogen and oxygen atoms in total. The first kappa shape index (κ1) is 23.3. The van der Waals surface area contributed by atoms with E-state index in [1.165, 1.54) is 12.5 Å². The van der Waals surface area contributed by atoms with Crippen LogP contribution in [0.4, 0.5) is 4.39 Å². The molecule has 2 aromatic heterocycles. The van der Waals surface area contributed by atoms with Crippen molar-refractivity contribution in [2.45, 2.75) is 30.0 Å². The summed E-state index contributed by atoms with van der Waals surface area (Å²) in [6.45, 7) is 1.77. The maximum Gasteiger partial charge on any atom is 0.339 e. The number of carbonyl (C=O) groups excluding carboxylic acids is 2. The van der Waals surface area contributed by atoms with Gasteiger partial charge in [0.25, 0.3) is 0 Å². The fourth-order valence-electron chi connectivity index (χ4n) is 3.91. The van der Waals surface area contributed by atoms with Crippen LogP contribution in [0, 0.1) is 6.92 Å². The highest BCUT2D eigenvalue weighted by atomic mass is 35.5. The molecular weight excluding hydrogens is 493 g/mol. The van der Waals surface area contributed by atoms with Gasteiger partial charge in [-0.25, -0.2) is 23.9 Å². The Kier molecular flexibility index (Phi) is 6.44. The topological polar surface area (TPSA) is 83.3 Å². The minimum Gasteiger partial charge on any atom is -0.452 e. The second kappa shape index (κ2) is 9.67. The van der Waals surface area contributed by atoms with Crippen molar-refractivity contribution in [1.29, 1.82) is 0 Å². The summed E-state index contributed by atoms with van der Waals surface area (Å²) in [6.07, 6.45) is -0.0553. The van der Waals surface area contributed by atoms with E-state index >= 15 is 4.39 Å². The van der Waals surface area contributed by atoms with Crippen molar-refractivity contribution in [3.63, 3.8) is 0 Å². The van der Waals surface area contributed by atoms with E-state index < -0.39 is 35.0 Å². The lowest BCUT2D eigenvalue weighted by Gasteiger charge is -2.22. The van der Waals surface area contributed by atoms with Crippen molar-refractivity contribution in [2.75, 3.05) is 0 Å². The molecule has 1 aliphatic rings. The molecule has 1 aliphatic heterocycles. The molecule has 4 atom stereocenters. The number of rotatable bonds is 5. The van der Waals surface area contributed by atoms with E-state index in [0.29, 0.717) is 22.2 Å². The molecule has 1 fully saturated rings. The highest BCUT2D eigenvalue weighted by molar-refractivity contribution is 8.00. The molecular formula is C25H19ClFN3O4S. The summed E-state index contributed by atoms with van der Waals surface area (Å²) in [4.78, 5) is 33.9. The molecule has 3 heterocycles. The Morgan fingerprint density at radius 1 is 1.00 bits per heavy atom. The number of halogens is 2. The van der Waals surface area contributed by atoms with Gasteiger partial charge in [0.2, 0.25) is 0 Å². The largest absolute Gasteiger partial charge is 0.452 e. The summed E-state index contributed by atoms with van der Waals surface area (Å²) in [6, 6.07) is 16.9. The van der Waals surface area contributed by atoms with Gasteiger partial charge in [0.1, 0.15) is 10.9 Å². The fraction of sp³-hybridized carbons (Fsp3) is 0.200. The maximum atomic E-state index is 15.8. The van der Waals surface area contributed by atoms with E-state index in [4.69, 9.17) is 21.1 Å². The van der Waals surface area contributed by atoms with Crippen LogP contribution in [0.1, 0.15) is 31.7 Å². The van der Waals surface area contributed by atoms with E-state index in [-0.39, 0.29) is 10.7 Å². The molecule has 0 radical (unpaired) electrons. The van der Waals surface area contributed by atoms with Crippen LogP contribution >= 0.6 is 23.4 Å². The van der Waals surface area contributed by atoms with Crippen LogP contribution in [0.5, 0.6) is 0 Å². The number of pyridine rings is 1. The van der Waals surface area contributed by atoms with Gasteiger partial charge in [-0.05, 0) is 36.8 Å². The molecule has 0 unspecified atom stereocenters. The van der Waals surface area contributed by atoms with E-state index in [1.54, 1.807) is 72.2 Å². The number of hydrogen-bond donors (Lipinski definition) is 0. The van der Waals surface area contributed by atoms with Crippen LogP contribution in [0.25, 0.3) is 11.0 Å². The number of aromatic nitrogens is 3. The lowest BCUT2D eigenvalue weighted by atomic mass is 10.1. The number of aryl methyl sites for hydroxylation is 1. The molecule has 0 amide bonds. The van der Waals surface area contributed by atoms with Crippen molar-refractivity contribution < 1.29 is 23.5 Å². The average Bonchev–Trinajstić information content (AvgIpc) is 3.42. The maximum absolute atomic E-state index is 15.8. The first-order valence-electron chi connectivity index (χ1n) is 10.7. The zero-order valence-electron chi connectivity index (χ0n) is 18.4. The molecule has 0 bridgehead atoms. The number of carbonyl (C=O) groups is 2. The Labute approximate surface area is 209 Å². The first-order valence-corrected chi connectivity index (χ1v) is 12.1. The Balaban J connectivity index is 1.47. The number of thioether (sulfide) groups is 1. The van der Waals surface area contributed by atoms with E-state index in [1.807, 2.05) is 0 Å². The van der Waals surface area contributed by atoms with Gasteiger partial charge < -0.3 is 14.0 Å². The second-order valence-electron chi connectivity index (χ2n) is 7.92. The summed E-state index contributed by atoms with van der Waals surface area (Å²) in [5.41, 5.74) is 1.14. The minimum atomic E-state index is -1.79. The Hall–Kier alpha value is -3.43. The van der Waals surface area contributed by atoms with Crippen molar-refractivity contribution in [2.24, 2.45) is 0 Å². The lowest BCUT2D eigenvalue weighted by Crippen LogP contribution is -2.34. The number of ether oxygens (including phenoxy) is 2. The number of alkyl halides is 1. The predicted molar refractivity (Wildman–Crippen MR) is 130 cm³/mol. The molecule has 0 saturated carbocycles.